The second kappa shape index (κ2) is 8.12. The maximum Gasteiger partial charge on any atom is 0.257 e. The fourth-order valence-corrected chi connectivity index (χ4v) is 3.26. The maximum absolute atomic E-state index is 12.9. The van der Waals surface area contributed by atoms with E-state index in [1.807, 2.05) is 6.92 Å². The molecule has 1 aliphatic rings. The first kappa shape index (κ1) is 19.4. The van der Waals surface area contributed by atoms with Gasteiger partial charge in [0.25, 0.3) is 11.8 Å². The van der Waals surface area contributed by atoms with Gasteiger partial charge in [-0.2, -0.15) is 0 Å². The van der Waals surface area contributed by atoms with Crippen molar-refractivity contribution in [3.05, 3.63) is 65.6 Å². The van der Waals surface area contributed by atoms with E-state index < -0.39 is 0 Å². The van der Waals surface area contributed by atoms with Crippen LogP contribution >= 0.6 is 0 Å². The second-order valence-corrected chi connectivity index (χ2v) is 6.65. The lowest BCUT2D eigenvalue weighted by Gasteiger charge is -2.35. The van der Waals surface area contributed by atoms with Crippen molar-refractivity contribution in [2.24, 2.45) is 0 Å². The van der Waals surface area contributed by atoms with Crippen LogP contribution in [0.1, 0.15) is 32.2 Å². The molecule has 1 fully saturated rings. The maximum atomic E-state index is 12.9. The van der Waals surface area contributed by atoms with Crippen molar-refractivity contribution < 1.29 is 18.8 Å². The van der Waals surface area contributed by atoms with E-state index in [0.29, 0.717) is 54.5 Å². The van der Waals surface area contributed by atoms with Crippen LogP contribution in [-0.4, -0.2) is 53.7 Å². The van der Waals surface area contributed by atoms with Gasteiger partial charge in [0.05, 0.1) is 16.8 Å². The molecule has 1 aromatic heterocycles. The fourth-order valence-electron chi connectivity index (χ4n) is 3.26. The van der Waals surface area contributed by atoms with Crippen molar-refractivity contribution in [3.8, 4) is 0 Å². The highest BCUT2D eigenvalue weighted by atomic mass is 16.3. The second-order valence-electron chi connectivity index (χ2n) is 6.65. The molecule has 0 aliphatic carbocycles. The Kier molecular flexibility index (Phi) is 5.63. The minimum absolute atomic E-state index is 0.0832. The molecule has 0 atom stereocenters. The van der Waals surface area contributed by atoms with E-state index in [0.717, 1.165) is 6.08 Å². The summed E-state index contributed by atoms with van der Waals surface area (Å²) in [5.41, 5.74) is 1.42. The highest BCUT2D eigenvalue weighted by Gasteiger charge is 2.28. The normalized spacial score (nSPS) is 13.9. The van der Waals surface area contributed by atoms with Gasteiger partial charge in [0, 0.05) is 26.2 Å². The predicted octanol–water partition coefficient (Wildman–Crippen LogP) is 2.62. The Bertz CT molecular complexity index is 923. The molecule has 1 aromatic carbocycles. The van der Waals surface area contributed by atoms with Crippen molar-refractivity contribution in [1.82, 2.24) is 9.80 Å². The van der Waals surface area contributed by atoms with E-state index in [1.54, 1.807) is 47.1 Å². The van der Waals surface area contributed by atoms with Crippen LogP contribution in [0.5, 0.6) is 0 Å². The quantitative estimate of drug-likeness (QED) is 0.826. The molecular weight excluding hydrogens is 358 g/mol. The lowest BCUT2D eigenvalue weighted by atomic mass is 10.1. The number of nitrogens with zero attached hydrogens (tertiary/aromatic N) is 2. The molecule has 1 saturated heterocycles. The Morgan fingerprint density at radius 2 is 1.57 bits per heavy atom. The summed E-state index contributed by atoms with van der Waals surface area (Å²) in [7, 11) is 0. The summed E-state index contributed by atoms with van der Waals surface area (Å²) in [6, 6.07) is 8.60. The predicted molar refractivity (Wildman–Crippen MR) is 105 cm³/mol. The Hall–Kier alpha value is -3.35. The third-order valence-electron chi connectivity index (χ3n) is 4.73. The number of carbonyl (C=O) groups is 3. The van der Waals surface area contributed by atoms with Gasteiger partial charge in [-0.1, -0.05) is 18.7 Å². The summed E-state index contributed by atoms with van der Waals surface area (Å²) in [6.07, 6.45) is 1.16. The van der Waals surface area contributed by atoms with Crippen LogP contribution in [0.3, 0.4) is 0 Å². The molecule has 2 aromatic rings. The number of hydrogen-bond donors (Lipinski definition) is 1. The molecule has 7 heteroatoms. The summed E-state index contributed by atoms with van der Waals surface area (Å²) >= 11 is 0. The van der Waals surface area contributed by atoms with Gasteiger partial charge >= 0.3 is 0 Å². The fraction of sp³-hybridized carbons (Fsp3) is 0.286. The summed E-state index contributed by atoms with van der Waals surface area (Å²) in [6.45, 7) is 8.73. The van der Waals surface area contributed by atoms with Crippen LogP contribution in [0.4, 0.5) is 5.69 Å². The van der Waals surface area contributed by atoms with Crippen molar-refractivity contribution in [1.29, 1.82) is 0 Å². The standard InChI is InChI=1S/C21H23N3O4/c1-4-19(25)22-18-8-6-5-7-16(18)20(26)23-9-11-24(12-10-23)21(27)17-13-14(2)28-15(17)3/h4-8,13H,1,9-12H2,2-3H3,(H,22,25). The zero-order chi connectivity index (χ0) is 20.3. The van der Waals surface area contributed by atoms with E-state index in [1.165, 1.54) is 0 Å². The number of benzene rings is 1. The number of hydrogen-bond acceptors (Lipinski definition) is 4. The smallest absolute Gasteiger partial charge is 0.257 e. The van der Waals surface area contributed by atoms with Crippen LogP contribution < -0.4 is 5.32 Å². The van der Waals surface area contributed by atoms with Crippen molar-refractivity contribution in [2.45, 2.75) is 13.8 Å². The zero-order valence-electron chi connectivity index (χ0n) is 16.0. The number of amides is 3. The SMILES string of the molecule is C=CC(=O)Nc1ccccc1C(=O)N1CCN(C(=O)c2cc(C)oc2C)CC1. The highest BCUT2D eigenvalue weighted by molar-refractivity contribution is 6.06. The molecule has 3 amide bonds. The van der Waals surface area contributed by atoms with Gasteiger partial charge in [-0.25, -0.2) is 0 Å². The van der Waals surface area contributed by atoms with Gasteiger partial charge in [0.1, 0.15) is 11.5 Å². The summed E-state index contributed by atoms with van der Waals surface area (Å²) in [5, 5.41) is 2.66. The van der Waals surface area contributed by atoms with Crippen LogP contribution in [0.15, 0.2) is 47.4 Å². The lowest BCUT2D eigenvalue weighted by Crippen LogP contribution is -2.50. The molecule has 3 rings (SSSR count). The van der Waals surface area contributed by atoms with Crippen LogP contribution in [0.25, 0.3) is 0 Å². The number of nitrogens with one attached hydrogen (secondary N) is 1. The molecule has 0 spiro atoms. The van der Waals surface area contributed by atoms with E-state index in [-0.39, 0.29) is 17.7 Å². The molecule has 146 valence electrons. The van der Waals surface area contributed by atoms with E-state index in [4.69, 9.17) is 4.42 Å². The first-order valence-electron chi connectivity index (χ1n) is 9.08. The molecule has 0 bridgehead atoms. The molecule has 2 heterocycles. The van der Waals surface area contributed by atoms with E-state index >= 15 is 0 Å². The monoisotopic (exact) mass is 381 g/mol. The first-order valence-corrected chi connectivity index (χ1v) is 9.08. The third-order valence-corrected chi connectivity index (χ3v) is 4.73. The molecule has 0 unspecified atom stereocenters. The zero-order valence-corrected chi connectivity index (χ0v) is 16.0. The average molecular weight is 381 g/mol. The minimum atomic E-state index is -0.374. The van der Waals surface area contributed by atoms with Crippen LogP contribution in [0.2, 0.25) is 0 Å². The summed E-state index contributed by atoms with van der Waals surface area (Å²) in [4.78, 5) is 40.6. The van der Waals surface area contributed by atoms with Crippen molar-refractivity contribution in [3.63, 3.8) is 0 Å². The van der Waals surface area contributed by atoms with Crippen LogP contribution in [-0.2, 0) is 4.79 Å². The Morgan fingerprint density at radius 3 is 2.11 bits per heavy atom. The molecular formula is C21H23N3O4. The number of aryl methyl sites for hydroxylation is 2. The van der Waals surface area contributed by atoms with Gasteiger partial charge in [0.2, 0.25) is 5.91 Å². The number of furan rings is 1. The number of rotatable bonds is 4. The summed E-state index contributed by atoms with van der Waals surface area (Å²) in [5.74, 6) is 0.671. The van der Waals surface area contributed by atoms with Crippen molar-refractivity contribution in [2.75, 3.05) is 31.5 Å². The topological polar surface area (TPSA) is 82.9 Å². The highest BCUT2D eigenvalue weighted by Crippen LogP contribution is 2.20. The molecule has 0 saturated carbocycles. The number of carbonyl (C=O) groups excluding carboxylic acids is 3. The Labute approximate surface area is 163 Å². The third kappa shape index (κ3) is 3.98. The Morgan fingerprint density at radius 1 is 1.00 bits per heavy atom. The number of para-hydroxylation sites is 1. The summed E-state index contributed by atoms with van der Waals surface area (Å²) < 4.78 is 5.44. The van der Waals surface area contributed by atoms with Crippen molar-refractivity contribution >= 4 is 23.4 Å². The lowest BCUT2D eigenvalue weighted by molar-refractivity contribution is -0.111. The molecule has 28 heavy (non-hydrogen) atoms. The van der Waals surface area contributed by atoms with E-state index in [9.17, 15) is 14.4 Å². The number of anilines is 1. The van der Waals surface area contributed by atoms with Gasteiger partial charge in [0.15, 0.2) is 0 Å². The molecule has 1 N–H and O–H groups in total. The molecule has 0 radical (unpaired) electrons. The van der Waals surface area contributed by atoms with Gasteiger partial charge in [-0.05, 0) is 38.1 Å². The van der Waals surface area contributed by atoms with Gasteiger partial charge in [-0.15, -0.1) is 0 Å². The number of piperazine rings is 1. The average Bonchev–Trinajstić information content (AvgIpc) is 3.05. The van der Waals surface area contributed by atoms with Gasteiger partial charge < -0.3 is 19.5 Å². The molecule has 1 aliphatic heterocycles. The van der Waals surface area contributed by atoms with Gasteiger partial charge in [-0.3, -0.25) is 14.4 Å². The largest absolute Gasteiger partial charge is 0.466 e. The van der Waals surface area contributed by atoms with E-state index in [2.05, 4.69) is 11.9 Å². The minimum Gasteiger partial charge on any atom is -0.466 e. The molecule has 7 nitrogen and oxygen atoms in total. The first-order chi connectivity index (χ1) is 13.4. The van der Waals surface area contributed by atoms with Crippen LogP contribution in [0, 0.1) is 13.8 Å². The Balaban J connectivity index is 1.67.